The standard InChI is InChI=1S/C17H25NO3/c1-4-13(14-8-6-5-7-9-14)12-15(19)18-17(2,3)11-10-16(20)21/h5-9,13H,4,10-12H2,1-3H3,(H,18,19)(H,20,21). The fourth-order valence-electron chi connectivity index (χ4n) is 2.36. The minimum atomic E-state index is -0.840. The van der Waals surface area contributed by atoms with E-state index in [0.717, 1.165) is 6.42 Å². The first-order valence-electron chi connectivity index (χ1n) is 7.42. The average molecular weight is 291 g/mol. The van der Waals surface area contributed by atoms with Gasteiger partial charge in [0.1, 0.15) is 0 Å². The van der Waals surface area contributed by atoms with E-state index in [4.69, 9.17) is 5.11 Å². The fourth-order valence-corrected chi connectivity index (χ4v) is 2.36. The maximum atomic E-state index is 12.2. The molecule has 1 aromatic carbocycles. The van der Waals surface area contributed by atoms with E-state index < -0.39 is 11.5 Å². The number of benzene rings is 1. The molecular formula is C17H25NO3. The highest BCUT2D eigenvalue weighted by atomic mass is 16.4. The van der Waals surface area contributed by atoms with Crippen LogP contribution in [0.15, 0.2) is 30.3 Å². The third-order valence-corrected chi connectivity index (χ3v) is 3.64. The Kier molecular flexibility index (Phi) is 6.40. The average Bonchev–Trinajstić information content (AvgIpc) is 2.43. The number of amides is 1. The normalized spacial score (nSPS) is 12.7. The SMILES string of the molecule is CCC(CC(=O)NC(C)(C)CCC(=O)O)c1ccccc1. The zero-order chi connectivity index (χ0) is 15.9. The first-order chi connectivity index (χ1) is 9.84. The van der Waals surface area contributed by atoms with Crippen LogP contribution in [0.25, 0.3) is 0 Å². The van der Waals surface area contributed by atoms with E-state index in [9.17, 15) is 9.59 Å². The van der Waals surface area contributed by atoms with Gasteiger partial charge in [0.2, 0.25) is 5.91 Å². The number of nitrogens with one attached hydrogen (secondary N) is 1. The van der Waals surface area contributed by atoms with E-state index in [2.05, 4.69) is 12.2 Å². The largest absolute Gasteiger partial charge is 0.481 e. The number of aliphatic carboxylic acids is 1. The van der Waals surface area contributed by atoms with Crippen LogP contribution in [0.5, 0.6) is 0 Å². The summed E-state index contributed by atoms with van der Waals surface area (Å²) in [4.78, 5) is 22.8. The maximum Gasteiger partial charge on any atom is 0.303 e. The van der Waals surface area contributed by atoms with Gasteiger partial charge in [0.25, 0.3) is 0 Å². The first-order valence-corrected chi connectivity index (χ1v) is 7.42. The molecule has 0 aliphatic carbocycles. The lowest BCUT2D eigenvalue weighted by Gasteiger charge is -2.27. The summed E-state index contributed by atoms with van der Waals surface area (Å²) in [6.45, 7) is 5.79. The Balaban J connectivity index is 2.57. The van der Waals surface area contributed by atoms with E-state index in [-0.39, 0.29) is 18.2 Å². The molecule has 0 aromatic heterocycles. The lowest BCUT2D eigenvalue weighted by atomic mass is 9.92. The van der Waals surface area contributed by atoms with Crippen LogP contribution in [0, 0.1) is 0 Å². The van der Waals surface area contributed by atoms with Crippen molar-refractivity contribution in [3.63, 3.8) is 0 Å². The third-order valence-electron chi connectivity index (χ3n) is 3.64. The number of carbonyl (C=O) groups is 2. The quantitative estimate of drug-likeness (QED) is 0.772. The van der Waals surface area contributed by atoms with Crippen LogP contribution < -0.4 is 5.32 Å². The number of carboxylic acid groups (broad SMARTS) is 1. The molecule has 1 unspecified atom stereocenters. The Morgan fingerprint density at radius 3 is 2.38 bits per heavy atom. The van der Waals surface area contributed by atoms with Crippen molar-refractivity contribution in [2.45, 2.75) is 57.9 Å². The minimum Gasteiger partial charge on any atom is -0.481 e. The Bertz CT molecular complexity index is 468. The zero-order valence-corrected chi connectivity index (χ0v) is 13.1. The molecule has 21 heavy (non-hydrogen) atoms. The third kappa shape index (κ3) is 6.43. The van der Waals surface area contributed by atoms with Crippen LogP contribution in [-0.2, 0) is 9.59 Å². The van der Waals surface area contributed by atoms with Gasteiger partial charge in [0.15, 0.2) is 0 Å². The van der Waals surface area contributed by atoms with Crippen LogP contribution in [0.3, 0.4) is 0 Å². The smallest absolute Gasteiger partial charge is 0.303 e. The number of carbonyl (C=O) groups excluding carboxylic acids is 1. The molecule has 0 saturated carbocycles. The first kappa shape index (κ1) is 17.2. The van der Waals surface area contributed by atoms with E-state index in [1.165, 1.54) is 5.56 Å². The zero-order valence-electron chi connectivity index (χ0n) is 13.1. The predicted molar refractivity (Wildman–Crippen MR) is 83.2 cm³/mol. The Morgan fingerprint density at radius 2 is 1.86 bits per heavy atom. The molecule has 0 fully saturated rings. The van der Waals surface area contributed by atoms with Gasteiger partial charge in [-0.2, -0.15) is 0 Å². The number of carboxylic acids is 1. The molecule has 0 spiro atoms. The summed E-state index contributed by atoms with van der Waals surface area (Å²) in [5, 5.41) is 11.7. The van der Waals surface area contributed by atoms with Gasteiger partial charge in [-0.1, -0.05) is 37.3 Å². The molecule has 4 nitrogen and oxygen atoms in total. The molecule has 0 bridgehead atoms. The van der Waals surface area contributed by atoms with Crippen LogP contribution in [-0.4, -0.2) is 22.5 Å². The Morgan fingerprint density at radius 1 is 1.24 bits per heavy atom. The molecule has 0 saturated heterocycles. The predicted octanol–water partition coefficient (Wildman–Crippen LogP) is 3.33. The van der Waals surface area contributed by atoms with Crippen LogP contribution in [0.2, 0.25) is 0 Å². The van der Waals surface area contributed by atoms with E-state index in [1.54, 1.807) is 0 Å². The van der Waals surface area contributed by atoms with Crippen LogP contribution in [0.4, 0.5) is 0 Å². The molecule has 0 aliphatic heterocycles. The molecule has 2 N–H and O–H groups in total. The van der Waals surface area contributed by atoms with Crippen molar-refractivity contribution in [1.29, 1.82) is 0 Å². The summed E-state index contributed by atoms with van der Waals surface area (Å²) in [5.74, 6) is -0.671. The van der Waals surface area contributed by atoms with Gasteiger partial charge in [-0.3, -0.25) is 9.59 Å². The Hall–Kier alpha value is -1.84. The van der Waals surface area contributed by atoms with Gasteiger partial charge in [-0.15, -0.1) is 0 Å². The molecule has 1 rings (SSSR count). The summed E-state index contributed by atoms with van der Waals surface area (Å²) in [6.07, 6.45) is 1.81. The van der Waals surface area contributed by atoms with E-state index >= 15 is 0 Å². The lowest BCUT2D eigenvalue weighted by molar-refractivity contribution is -0.137. The van der Waals surface area contributed by atoms with Crippen LogP contribution in [0.1, 0.15) is 57.9 Å². The monoisotopic (exact) mass is 291 g/mol. The highest BCUT2D eigenvalue weighted by molar-refractivity contribution is 5.77. The Labute approximate surface area is 126 Å². The number of rotatable bonds is 8. The maximum absolute atomic E-state index is 12.2. The molecule has 1 aromatic rings. The molecule has 4 heteroatoms. The van der Waals surface area contributed by atoms with Crippen molar-refractivity contribution >= 4 is 11.9 Å². The summed E-state index contributed by atoms with van der Waals surface area (Å²) in [5.41, 5.74) is 0.670. The molecular weight excluding hydrogens is 266 g/mol. The van der Waals surface area contributed by atoms with Crippen molar-refractivity contribution in [3.8, 4) is 0 Å². The molecule has 0 heterocycles. The summed E-state index contributed by atoms with van der Waals surface area (Å²) in [6, 6.07) is 10.00. The van der Waals surface area contributed by atoms with Crippen molar-refractivity contribution in [3.05, 3.63) is 35.9 Å². The van der Waals surface area contributed by atoms with Crippen LogP contribution >= 0.6 is 0 Å². The van der Waals surface area contributed by atoms with E-state index in [0.29, 0.717) is 12.8 Å². The van der Waals surface area contributed by atoms with Gasteiger partial charge in [-0.05, 0) is 38.2 Å². The summed E-state index contributed by atoms with van der Waals surface area (Å²) in [7, 11) is 0. The molecule has 0 radical (unpaired) electrons. The second kappa shape index (κ2) is 7.81. The number of hydrogen-bond acceptors (Lipinski definition) is 2. The topological polar surface area (TPSA) is 66.4 Å². The minimum absolute atomic E-state index is 0.0268. The fraction of sp³-hybridized carbons (Fsp3) is 0.529. The van der Waals surface area contributed by atoms with Crippen molar-refractivity contribution in [2.75, 3.05) is 0 Å². The van der Waals surface area contributed by atoms with Crippen molar-refractivity contribution in [1.82, 2.24) is 5.32 Å². The van der Waals surface area contributed by atoms with Gasteiger partial charge < -0.3 is 10.4 Å². The lowest BCUT2D eigenvalue weighted by Crippen LogP contribution is -2.44. The highest BCUT2D eigenvalue weighted by Crippen LogP contribution is 2.23. The molecule has 116 valence electrons. The second-order valence-electron chi connectivity index (χ2n) is 6.05. The van der Waals surface area contributed by atoms with E-state index in [1.807, 2.05) is 44.2 Å². The van der Waals surface area contributed by atoms with Crippen molar-refractivity contribution in [2.24, 2.45) is 0 Å². The van der Waals surface area contributed by atoms with Crippen molar-refractivity contribution < 1.29 is 14.7 Å². The van der Waals surface area contributed by atoms with Gasteiger partial charge >= 0.3 is 5.97 Å². The summed E-state index contributed by atoms with van der Waals surface area (Å²) >= 11 is 0. The van der Waals surface area contributed by atoms with Gasteiger partial charge in [0.05, 0.1) is 0 Å². The second-order valence-corrected chi connectivity index (χ2v) is 6.05. The molecule has 0 aliphatic rings. The summed E-state index contributed by atoms with van der Waals surface area (Å²) < 4.78 is 0. The molecule has 1 atom stereocenters. The van der Waals surface area contributed by atoms with Gasteiger partial charge in [0, 0.05) is 18.4 Å². The molecule has 1 amide bonds. The van der Waals surface area contributed by atoms with Gasteiger partial charge in [-0.25, -0.2) is 0 Å². The number of hydrogen-bond donors (Lipinski definition) is 2. The highest BCUT2D eigenvalue weighted by Gasteiger charge is 2.23.